The Balaban J connectivity index is 2.92. The standard InChI is InChI=1S/C6H3ClO4/c7-5(6(9)10)3-1-2-4(8)11-3/h1-2H,(H,9,10)/p-1/b5-3+. The molecule has 0 spiro atoms. The van der Waals surface area contributed by atoms with Gasteiger partial charge in [0.15, 0.2) is 5.76 Å². The number of carbonyl (C=O) groups is 2. The van der Waals surface area contributed by atoms with Crippen molar-refractivity contribution in [2.24, 2.45) is 0 Å². The molecule has 11 heavy (non-hydrogen) atoms. The van der Waals surface area contributed by atoms with E-state index in [0.717, 1.165) is 6.08 Å². The van der Waals surface area contributed by atoms with Gasteiger partial charge in [-0.3, -0.25) is 0 Å². The van der Waals surface area contributed by atoms with E-state index in [1.807, 2.05) is 0 Å². The van der Waals surface area contributed by atoms with E-state index >= 15 is 0 Å². The summed E-state index contributed by atoms with van der Waals surface area (Å²) < 4.78 is 4.36. The molecule has 0 aromatic heterocycles. The molecule has 0 saturated heterocycles. The number of carbonyl (C=O) groups excluding carboxylic acids is 2. The van der Waals surface area contributed by atoms with Gasteiger partial charge in [-0.2, -0.15) is 0 Å². The summed E-state index contributed by atoms with van der Waals surface area (Å²) in [6.45, 7) is 0. The fourth-order valence-corrected chi connectivity index (χ4v) is 0.640. The summed E-state index contributed by atoms with van der Waals surface area (Å²) in [5, 5.41) is 9.46. The van der Waals surface area contributed by atoms with Gasteiger partial charge in [0, 0.05) is 6.08 Å². The van der Waals surface area contributed by atoms with Crippen LogP contribution in [0.2, 0.25) is 0 Å². The second-order valence-corrected chi connectivity index (χ2v) is 2.10. The zero-order valence-electron chi connectivity index (χ0n) is 5.17. The molecule has 0 atom stereocenters. The van der Waals surface area contributed by atoms with Crippen molar-refractivity contribution in [1.82, 2.24) is 0 Å². The van der Waals surface area contributed by atoms with Crippen LogP contribution in [-0.4, -0.2) is 11.9 Å². The molecule has 0 amide bonds. The molecule has 1 heterocycles. The molecule has 0 radical (unpaired) electrons. The van der Waals surface area contributed by atoms with Gasteiger partial charge >= 0.3 is 5.97 Å². The van der Waals surface area contributed by atoms with Gasteiger partial charge in [-0.25, -0.2) is 4.79 Å². The van der Waals surface area contributed by atoms with E-state index < -0.39 is 17.0 Å². The largest absolute Gasteiger partial charge is 0.544 e. The molecular formula is C6H2ClO4-. The average molecular weight is 174 g/mol. The highest BCUT2D eigenvalue weighted by atomic mass is 35.5. The summed E-state index contributed by atoms with van der Waals surface area (Å²) >= 11 is 5.18. The minimum atomic E-state index is -1.57. The molecule has 1 rings (SSSR count). The third kappa shape index (κ3) is 1.59. The number of hydrogen-bond acceptors (Lipinski definition) is 4. The molecule has 1 aliphatic rings. The lowest BCUT2D eigenvalue weighted by atomic mass is 10.4. The number of rotatable bonds is 1. The zero-order valence-corrected chi connectivity index (χ0v) is 5.92. The van der Waals surface area contributed by atoms with Crippen LogP contribution in [0.15, 0.2) is 22.9 Å². The van der Waals surface area contributed by atoms with Crippen molar-refractivity contribution < 1.29 is 19.4 Å². The predicted octanol–water partition coefficient (Wildman–Crippen LogP) is -0.700. The topological polar surface area (TPSA) is 66.4 Å². The lowest BCUT2D eigenvalue weighted by Gasteiger charge is -2.01. The Bertz CT molecular complexity index is 276. The number of allylic oxidation sites excluding steroid dienone is 1. The third-order valence-electron chi connectivity index (χ3n) is 0.977. The van der Waals surface area contributed by atoms with E-state index in [1.165, 1.54) is 6.08 Å². The van der Waals surface area contributed by atoms with Crippen molar-refractivity contribution in [1.29, 1.82) is 0 Å². The Morgan fingerprint density at radius 1 is 1.55 bits per heavy atom. The maximum Gasteiger partial charge on any atom is 0.336 e. The molecule has 5 heteroatoms. The summed E-state index contributed by atoms with van der Waals surface area (Å²) in [6, 6.07) is 0. The minimum absolute atomic E-state index is 0.184. The Kier molecular flexibility index (Phi) is 1.96. The first-order valence-electron chi connectivity index (χ1n) is 2.62. The van der Waals surface area contributed by atoms with E-state index in [9.17, 15) is 14.7 Å². The number of cyclic esters (lactones) is 1. The maximum absolute atomic E-state index is 10.4. The summed E-state index contributed by atoms with van der Waals surface area (Å²) in [7, 11) is 0. The summed E-state index contributed by atoms with van der Waals surface area (Å²) in [6.07, 6.45) is 2.24. The smallest absolute Gasteiger partial charge is 0.336 e. The first-order valence-corrected chi connectivity index (χ1v) is 3.00. The number of halogens is 1. The van der Waals surface area contributed by atoms with Gasteiger partial charge in [-0.1, -0.05) is 11.6 Å². The van der Waals surface area contributed by atoms with E-state index in [2.05, 4.69) is 4.74 Å². The molecule has 0 aromatic rings. The second-order valence-electron chi connectivity index (χ2n) is 1.72. The van der Waals surface area contributed by atoms with Crippen molar-refractivity contribution in [2.45, 2.75) is 0 Å². The van der Waals surface area contributed by atoms with Gasteiger partial charge < -0.3 is 14.6 Å². The third-order valence-corrected chi connectivity index (χ3v) is 1.32. The van der Waals surface area contributed by atoms with Crippen LogP contribution in [0.1, 0.15) is 0 Å². The van der Waals surface area contributed by atoms with E-state index in [1.54, 1.807) is 0 Å². The quantitative estimate of drug-likeness (QED) is 0.389. The molecule has 0 unspecified atom stereocenters. The van der Waals surface area contributed by atoms with E-state index in [-0.39, 0.29) is 5.76 Å². The van der Waals surface area contributed by atoms with Gasteiger partial charge in [-0.15, -0.1) is 0 Å². The van der Waals surface area contributed by atoms with Crippen LogP contribution in [0, 0.1) is 0 Å². The predicted molar refractivity (Wildman–Crippen MR) is 33.1 cm³/mol. The highest BCUT2D eigenvalue weighted by Gasteiger charge is 2.13. The van der Waals surface area contributed by atoms with Crippen molar-refractivity contribution in [3.8, 4) is 0 Å². The van der Waals surface area contributed by atoms with Gasteiger partial charge in [0.05, 0.1) is 5.97 Å². The summed E-state index contributed by atoms with van der Waals surface area (Å²) in [4.78, 5) is 20.4. The second kappa shape index (κ2) is 2.75. The highest BCUT2D eigenvalue weighted by molar-refractivity contribution is 6.41. The van der Waals surface area contributed by atoms with Gasteiger partial charge in [0.2, 0.25) is 0 Å². The van der Waals surface area contributed by atoms with Gasteiger partial charge in [0.25, 0.3) is 0 Å². The van der Waals surface area contributed by atoms with Crippen LogP contribution in [0.5, 0.6) is 0 Å². The minimum Gasteiger partial charge on any atom is -0.544 e. The molecule has 0 aliphatic carbocycles. The molecule has 1 aliphatic heterocycles. The van der Waals surface area contributed by atoms with E-state index in [0.29, 0.717) is 0 Å². The molecule has 0 bridgehead atoms. The number of hydrogen-bond donors (Lipinski definition) is 0. The normalized spacial score (nSPS) is 19.9. The van der Waals surface area contributed by atoms with Crippen molar-refractivity contribution in [3.63, 3.8) is 0 Å². The fraction of sp³-hybridized carbons (Fsp3) is 0. The number of aliphatic carboxylic acids is 1. The molecule has 0 N–H and O–H groups in total. The number of esters is 1. The van der Waals surface area contributed by atoms with Crippen molar-refractivity contribution in [3.05, 3.63) is 22.9 Å². The molecule has 58 valence electrons. The molecule has 0 fully saturated rings. The van der Waals surface area contributed by atoms with Crippen LogP contribution in [0.4, 0.5) is 0 Å². The van der Waals surface area contributed by atoms with Crippen LogP contribution < -0.4 is 5.11 Å². The van der Waals surface area contributed by atoms with Crippen molar-refractivity contribution in [2.75, 3.05) is 0 Å². The zero-order chi connectivity index (χ0) is 8.43. The number of ether oxygens (including phenoxy) is 1. The number of carboxylic acid groups (broad SMARTS) is 1. The lowest BCUT2D eigenvalue weighted by Crippen LogP contribution is -2.23. The maximum atomic E-state index is 10.4. The molecule has 4 nitrogen and oxygen atoms in total. The lowest BCUT2D eigenvalue weighted by molar-refractivity contribution is -0.298. The Labute approximate surface area is 66.7 Å². The SMILES string of the molecule is O=C1C=C/C(=C(\Cl)C(=O)[O-])O1. The Morgan fingerprint density at radius 2 is 2.18 bits per heavy atom. The van der Waals surface area contributed by atoms with Crippen LogP contribution in [0.3, 0.4) is 0 Å². The van der Waals surface area contributed by atoms with Crippen molar-refractivity contribution >= 4 is 23.5 Å². The molecule has 0 aromatic carbocycles. The monoisotopic (exact) mass is 173 g/mol. The van der Waals surface area contributed by atoms with Gasteiger partial charge in [-0.05, 0) is 6.08 Å². The van der Waals surface area contributed by atoms with Crippen LogP contribution in [0.25, 0.3) is 0 Å². The Hall–Kier alpha value is -1.29. The highest BCUT2D eigenvalue weighted by Crippen LogP contribution is 2.16. The molecule has 0 saturated carbocycles. The average Bonchev–Trinajstić information content (AvgIpc) is 2.34. The first kappa shape index (κ1) is 7.81. The summed E-state index contributed by atoms with van der Waals surface area (Å²) in [5.74, 6) is -2.39. The number of carboxylic acids is 1. The van der Waals surface area contributed by atoms with Crippen LogP contribution in [-0.2, 0) is 14.3 Å². The van der Waals surface area contributed by atoms with Gasteiger partial charge in [0.1, 0.15) is 5.03 Å². The summed E-state index contributed by atoms with van der Waals surface area (Å²) in [5.41, 5.74) is 0. The molecular weight excluding hydrogens is 172 g/mol. The Morgan fingerprint density at radius 3 is 2.55 bits per heavy atom. The van der Waals surface area contributed by atoms with E-state index in [4.69, 9.17) is 11.6 Å². The first-order chi connectivity index (χ1) is 5.11. The van der Waals surface area contributed by atoms with Crippen LogP contribution >= 0.6 is 11.6 Å². The fourth-order valence-electron chi connectivity index (χ4n) is 0.539.